The molecule has 1 aliphatic rings. The van der Waals surface area contributed by atoms with E-state index in [0.29, 0.717) is 0 Å². The Bertz CT molecular complexity index is 1250. The third kappa shape index (κ3) is 6.05. The van der Waals surface area contributed by atoms with Gasteiger partial charge in [0, 0.05) is 38.2 Å². The van der Waals surface area contributed by atoms with Crippen molar-refractivity contribution in [3.8, 4) is 0 Å². The van der Waals surface area contributed by atoms with Gasteiger partial charge in [-0.25, -0.2) is 17.2 Å². The van der Waals surface area contributed by atoms with Gasteiger partial charge in [0.15, 0.2) is 16.5 Å². The first-order valence-corrected chi connectivity index (χ1v) is 12.8. The fourth-order valence-corrected chi connectivity index (χ4v) is 5.98. The minimum absolute atomic E-state index is 0.00604. The molecule has 1 aliphatic heterocycles. The van der Waals surface area contributed by atoms with Crippen LogP contribution < -0.4 is 0 Å². The van der Waals surface area contributed by atoms with Gasteiger partial charge < -0.3 is 4.74 Å². The monoisotopic (exact) mass is 525 g/mol. The van der Waals surface area contributed by atoms with Crippen LogP contribution in [0.4, 0.5) is 14.5 Å². The highest BCUT2D eigenvalue weighted by atomic mass is 32.2. The zero-order valence-electron chi connectivity index (χ0n) is 20.5. The zero-order valence-corrected chi connectivity index (χ0v) is 21.3. The number of carbonyl (C=O) groups excluding carboxylic acids is 1. The van der Waals surface area contributed by atoms with Gasteiger partial charge in [-0.1, -0.05) is 24.3 Å². The number of benzene rings is 2. The van der Waals surface area contributed by atoms with Crippen LogP contribution in [-0.4, -0.2) is 65.8 Å². The number of carbonyl (C=O) groups is 1. The topological polar surface area (TPSA) is 110 Å². The van der Waals surface area contributed by atoms with E-state index in [1.54, 1.807) is 32.6 Å². The van der Waals surface area contributed by atoms with Crippen LogP contribution in [-0.2, 0) is 26.0 Å². The molecule has 0 amide bonds. The summed E-state index contributed by atoms with van der Waals surface area (Å²) in [5, 5.41) is 11.4. The van der Waals surface area contributed by atoms with Crippen molar-refractivity contribution >= 4 is 21.7 Å². The van der Waals surface area contributed by atoms with Crippen LogP contribution in [0.5, 0.6) is 0 Å². The molecule has 0 aromatic heterocycles. The standard InChI is InChI=1S/C24H29F2N3O6S/c1-16-15-27(12-13-28(16)36(33,34)21-11-6-5-10-19(21)29(31)32)20(23(30)35-24(2,3)4)14-17-8-7-9-18(25)22(17)26/h5-11,16,20H,12-15H2,1-4H3/t16-,20-/m0/s1. The molecule has 1 heterocycles. The Labute approximate surface area is 208 Å². The molecule has 0 bridgehead atoms. The van der Waals surface area contributed by atoms with E-state index in [4.69, 9.17) is 4.74 Å². The number of hydrogen-bond acceptors (Lipinski definition) is 7. The van der Waals surface area contributed by atoms with Gasteiger partial charge in [0.2, 0.25) is 10.0 Å². The number of nitro benzene ring substituents is 1. The first kappa shape index (κ1) is 27.6. The van der Waals surface area contributed by atoms with Crippen LogP contribution >= 0.6 is 0 Å². The van der Waals surface area contributed by atoms with Crippen molar-refractivity contribution in [1.82, 2.24) is 9.21 Å². The van der Waals surface area contributed by atoms with Gasteiger partial charge in [-0.05, 0) is 45.4 Å². The van der Waals surface area contributed by atoms with Crippen LogP contribution in [0.1, 0.15) is 33.3 Å². The van der Waals surface area contributed by atoms with Crippen molar-refractivity contribution in [3.05, 3.63) is 69.8 Å². The van der Waals surface area contributed by atoms with E-state index in [9.17, 15) is 32.1 Å². The quantitative estimate of drug-likeness (QED) is 0.309. The second-order valence-electron chi connectivity index (χ2n) is 9.65. The molecule has 196 valence electrons. The molecular weight excluding hydrogens is 496 g/mol. The Balaban J connectivity index is 1.89. The number of nitro groups is 1. The summed E-state index contributed by atoms with van der Waals surface area (Å²) in [6.07, 6.45) is -0.178. The lowest BCUT2D eigenvalue weighted by Gasteiger charge is -2.42. The Hall–Kier alpha value is -2.96. The molecule has 0 N–H and O–H groups in total. The Kier molecular flexibility index (Phi) is 8.11. The summed E-state index contributed by atoms with van der Waals surface area (Å²) < 4.78 is 61.6. The summed E-state index contributed by atoms with van der Waals surface area (Å²) in [5.41, 5.74) is -1.37. The molecule has 0 radical (unpaired) electrons. The lowest BCUT2D eigenvalue weighted by molar-refractivity contribution is -0.387. The van der Waals surface area contributed by atoms with Crippen LogP contribution in [0.3, 0.4) is 0 Å². The van der Waals surface area contributed by atoms with Gasteiger partial charge in [0.25, 0.3) is 5.69 Å². The van der Waals surface area contributed by atoms with Gasteiger partial charge in [-0.3, -0.25) is 19.8 Å². The first-order chi connectivity index (χ1) is 16.7. The number of sulfonamides is 1. The fourth-order valence-electron chi connectivity index (χ4n) is 4.21. The summed E-state index contributed by atoms with van der Waals surface area (Å²) in [7, 11) is -4.22. The number of ether oxygens (including phenoxy) is 1. The van der Waals surface area contributed by atoms with Gasteiger partial charge in [-0.15, -0.1) is 0 Å². The number of halogens is 2. The summed E-state index contributed by atoms with van der Waals surface area (Å²) in [5.74, 6) is -2.74. The highest BCUT2D eigenvalue weighted by Crippen LogP contribution is 2.30. The van der Waals surface area contributed by atoms with Crippen molar-refractivity contribution in [2.24, 2.45) is 0 Å². The van der Waals surface area contributed by atoms with E-state index >= 15 is 0 Å². The summed E-state index contributed by atoms with van der Waals surface area (Å²) >= 11 is 0. The average molecular weight is 526 g/mol. The predicted molar refractivity (Wildman–Crippen MR) is 128 cm³/mol. The van der Waals surface area contributed by atoms with E-state index in [1.165, 1.54) is 30.3 Å². The zero-order chi connectivity index (χ0) is 26.8. The minimum atomic E-state index is -4.22. The maximum Gasteiger partial charge on any atom is 0.324 e. The molecular formula is C24H29F2N3O6S. The maximum atomic E-state index is 14.4. The van der Waals surface area contributed by atoms with E-state index in [2.05, 4.69) is 0 Å². The molecule has 0 saturated carbocycles. The van der Waals surface area contributed by atoms with Crippen molar-refractivity contribution in [2.75, 3.05) is 19.6 Å². The van der Waals surface area contributed by atoms with E-state index in [0.717, 1.165) is 16.4 Å². The number of nitrogens with zero attached hydrogens (tertiary/aromatic N) is 3. The minimum Gasteiger partial charge on any atom is -0.459 e. The Morgan fingerprint density at radius 3 is 2.44 bits per heavy atom. The molecule has 0 aliphatic carbocycles. The molecule has 36 heavy (non-hydrogen) atoms. The summed E-state index contributed by atoms with van der Waals surface area (Å²) in [6, 6.07) is 7.14. The van der Waals surface area contributed by atoms with Crippen molar-refractivity contribution in [2.45, 2.75) is 56.7 Å². The Morgan fingerprint density at radius 2 is 1.83 bits per heavy atom. The second kappa shape index (κ2) is 10.6. The predicted octanol–water partition coefficient (Wildman–Crippen LogP) is 3.52. The number of para-hydroxylation sites is 1. The van der Waals surface area contributed by atoms with Crippen LogP contribution in [0, 0.1) is 21.7 Å². The normalized spacial score (nSPS) is 18.6. The third-order valence-electron chi connectivity index (χ3n) is 5.81. The van der Waals surface area contributed by atoms with Crippen molar-refractivity contribution < 1.29 is 31.7 Å². The van der Waals surface area contributed by atoms with Gasteiger partial charge in [0.1, 0.15) is 11.6 Å². The van der Waals surface area contributed by atoms with Gasteiger partial charge >= 0.3 is 5.97 Å². The molecule has 1 fully saturated rings. The fraction of sp³-hybridized carbons (Fsp3) is 0.458. The summed E-state index contributed by atoms with van der Waals surface area (Å²) in [4.78, 5) is 25.0. The molecule has 12 heteroatoms. The van der Waals surface area contributed by atoms with E-state index < -0.39 is 60.8 Å². The second-order valence-corrected chi connectivity index (χ2v) is 11.5. The highest BCUT2D eigenvalue weighted by Gasteiger charge is 2.41. The molecule has 9 nitrogen and oxygen atoms in total. The molecule has 0 unspecified atom stereocenters. The molecule has 2 aromatic rings. The molecule has 2 aromatic carbocycles. The van der Waals surface area contributed by atoms with Gasteiger partial charge in [0.05, 0.1) is 4.92 Å². The molecule has 1 saturated heterocycles. The number of rotatable bonds is 7. The van der Waals surface area contributed by atoms with Crippen LogP contribution in [0.25, 0.3) is 0 Å². The van der Waals surface area contributed by atoms with E-state index in [-0.39, 0.29) is 31.6 Å². The largest absolute Gasteiger partial charge is 0.459 e. The number of piperazine rings is 1. The summed E-state index contributed by atoms with van der Waals surface area (Å²) in [6.45, 7) is 6.75. The molecule has 2 atom stereocenters. The first-order valence-electron chi connectivity index (χ1n) is 11.4. The number of hydrogen-bond donors (Lipinski definition) is 0. The molecule has 3 rings (SSSR count). The van der Waals surface area contributed by atoms with Crippen LogP contribution in [0.15, 0.2) is 47.4 Å². The Morgan fingerprint density at radius 1 is 1.17 bits per heavy atom. The van der Waals surface area contributed by atoms with Crippen molar-refractivity contribution in [3.63, 3.8) is 0 Å². The molecule has 0 spiro atoms. The average Bonchev–Trinajstić information content (AvgIpc) is 2.78. The maximum absolute atomic E-state index is 14.4. The SMILES string of the molecule is C[C@H]1CN([C@@H](Cc2cccc(F)c2F)C(=O)OC(C)(C)C)CCN1S(=O)(=O)c1ccccc1[N+](=O)[O-]. The van der Waals surface area contributed by atoms with Gasteiger partial charge in [-0.2, -0.15) is 4.31 Å². The smallest absolute Gasteiger partial charge is 0.324 e. The third-order valence-corrected chi connectivity index (χ3v) is 7.87. The van der Waals surface area contributed by atoms with E-state index in [1.807, 2.05) is 0 Å². The number of esters is 1. The lowest BCUT2D eigenvalue weighted by atomic mass is 10.0. The highest BCUT2D eigenvalue weighted by molar-refractivity contribution is 7.89. The van der Waals surface area contributed by atoms with Crippen LogP contribution in [0.2, 0.25) is 0 Å². The lowest BCUT2D eigenvalue weighted by Crippen LogP contribution is -2.59. The van der Waals surface area contributed by atoms with Crippen molar-refractivity contribution in [1.29, 1.82) is 0 Å².